The zero-order valence-corrected chi connectivity index (χ0v) is 11.8. The van der Waals surface area contributed by atoms with Crippen molar-refractivity contribution >= 4 is 0 Å². The summed E-state index contributed by atoms with van der Waals surface area (Å²) in [6.45, 7) is 6.34. The van der Waals surface area contributed by atoms with Crippen molar-refractivity contribution in [2.75, 3.05) is 32.7 Å². The first-order valence-electron chi connectivity index (χ1n) is 7.78. The van der Waals surface area contributed by atoms with Gasteiger partial charge in [-0.05, 0) is 51.0 Å². The zero-order chi connectivity index (χ0) is 12.9. The van der Waals surface area contributed by atoms with Crippen LogP contribution in [0.2, 0.25) is 0 Å². The topological polar surface area (TPSA) is 19.4 Å². The van der Waals surface area contributed by atoms with Gasteiger partial charge < -0.3 is 4.90 Å². The molecule has 0 saturated carbocycles. The Kier molecular flexibility index (Phi) is 4.46. The Morgan fingerprint density at radius 2 is 2.05 bits per heavy atom. The van der Waals surface area contributed by atoms with Gasteiger partial charge in [0.2, 0.25) is 0 Å². The summed E-state index contributed by atoms with van der Waals surface area (Å²) in [5.41, 5.74) is 1.23. The molecule has 19 heavy (non-hydrogen) atoms. The molecule has 2 saturated heterocycles. The zero-order valence-electron chi connectivity index (χ0n) is 11.8. The molecule has 3 heterocycles. The summed E-state index contributed by atoms with van der Waals surface area (Å²) < 4.78 is 0. The average molecular weight is 259 g/mol. The number of pyridine rings is 1. The van der Waals surface area contributed by atoms with Gasteiger partial charge in [0.25, 0.3) is 0 Å². The second-order valence-corrected chi connectivity index (χ2v) is 5.91. The lowest BCUT2D eigenvalue weighted by molar-refractivity contribution is 0.137. The molecule has 1 atom stereocenters. The lowest BCUT2D eigenvalue weighted by Crippen LogP contribution is -2.44. The van der Waals surface area contributed by atoms with Gasteiger partial charge in [-0.1, -0.05) is 12.5 Å². The molecule has 0 bridgehead atoms. The van der Waals surface area contributed by atoms with Crippen LogP contribution in [0, 0.1) is 0 Å². The highest BCUT2D eigenvalue weighted by Gasteiger charge is 2.26. The molecule has 3 rings (SSSR count). The molecule has 1 aromatic heterocycles. The molecule has 1 unspecified atom stereocenters. The van der Waals surface area contributed by atoms with Gasteiger partial charge in [0, 0.05) is 37.4 Å². The SMILES string of the molecule is c1ccc(CCN2CCCN3CCCCC3C2)nc1. The molecule has 0 radical (unpaired) electrons. The summed E-state index contributed by atoms with van der Waals surface area (Å²) in [6.07, 6.45) is 8.56. The fourth-order valence-electron chi connectivity index (χ4n) is 3.47. The van der Waals surface area contributed by atoms with E-state index in [1.807, 2.05) is 12.3 Å². The highest BCUT2D eigenvalue weighted by Crippen LogP contribution is 2.20. The van der Waals surface area contributed by atoms with Crippen LogP contribution in [0.25, 0.3) is 0 Å². The summed E-state index contributed by atoms with van der Waals surface area (Å²) in [5, 5.41) is 0. The minimum absolute atomic E-state index is 0.819. The van der Waals surface area contributed by atoms with Gasteiger partial charge in [-0.3, -0.25) is 9.88 Å². The molecule has 0 spiro atoms. The van der Waals surface area contributed by atoms with Crippen LogP contribution in [0.5, 0.6) is 0 Å². The smallest absolute Gasteiger partial charge is 0.0416 e. The maximum atomic E-state index is 4.43. The van der Waals surface area contributed by atoms with E-state index in [9.17, 15) is 0 Å². The second-order valence-electron chi connectivity index (χ2n) is 5.91. The van der Waals surface area contributed by atoms with E-state index < -0.39 is 0 Å². The molecule has 0 aliphatic carbocycles. The van der Waals surface area contributed by atoms with Gasteiger partial charge in [-0.25, -0.2) is 0 Å². The van der Waals surface area contributed by atoms with Gasteiger partial charge in [-0.2, -0.15) is 0 Å². The maximum Gasteiger partial charge on any atom is 0.0416 e. The molecule has 1 aromatic rings. The molecular weight excluding hydrogens is 234 g/mol. The molecule has 104 valence electrons. The van der Waals surface area contributed by atoms with Crippen LogP contribution in [0.3, 0.4) is 0 Å². The van der Waals surface area contributed by atoms with Crippen molar-refractivity contribution < 1.29 is 0 Å². The van der Waals surface area contributed by atoms with Gasteiger partial charge >= 0.3 is 0 Å². The van der Waals surface area contributed by atoms with E-state index in [1.165, 1.54) is 64.1 Å². The maximum absolute atomic E-state index is 4.43. The lowest BCUT2D eigenvalue weighted by atomic mass is 10.0. The number of aromatic nitrogens is 1. The van der Waals surface area contributed by atoms with Crippen molar-refractivity contribution in [1.29, 1.82) is 0 Å². The monoisotopic (exact) mass is 259 g/mol. The van der Waals surface area contributed by atoms with Crippen LogP contribution in [-0.2, 0) is 6.42 Å². The summed E-state index contributed by atoms with van der Waals surface area (Å²) in [4.78, 5) is 9.81. The molecule has 2 fully saturated rings. The van der Waals surface area contributed by atoms with Crippen LogP contribution in [0.1, 0.15) is 31.4 Å². The van der Waals surface area contributed by atoms with Crippen LogP contribution in [-0.4, -0.2) is 53.5 Å². The number of fused-ring (bicyclic) bond motifs is 1. The van der Waals surface area contributed by atoms with Crippen molar-refractivity contribution in [3.05, 3.63) is 30.1 Å². The van der Waals surface area contributed by atoms with E-state index in [0.717, 1.165) is 12.5 Å². The van der Waals surface area contributed by atoms with Crippen molar-refractivity contribution in [2.45, 2.75) is 38.1 Å². The third-order valence-corrected chi connectivity index (χ3v) is 4.55. The summed E-state index contributed by atoms with van der Waals surface area (Å²) in [7, 11) is 0. The molecule has 2 aliphatic heterocycles. The van der Waals surface area contributed by atoms with E-state index in [0.29, 0.717) is 0 Å². The average Bonchev–Trinajstić information content (AvgIpc) is 2.68. The molecule has 0 N–H and O–H groups in total. The Morgan fingerprint density at radius 1 is 1.11 bits per heavy atom. The van der Waals surface area contributed by atoms with Crippen LogP contribution >= 0.6 is 0 Å². The Morgan fingerprint density at radius 3 is 2.95 bits per heavy atom. The molecule has 0 amide bonds. The van der Waals surface area contributed by atoms with E-state index >= 15 is 0 Å². The number of nitrogens with zero attached hydrogens (tertiary/aromatic N) is 3. The van der Waals surface area contributed by atoms with Gasteiger partial charge in [0.1, 0.15) is 0 Å². The Hall–Kier alpha value is -0.930. The van der Waals surface area contributed by atoms with Crippen LogP contribution < -0.4 is 0 Å². The van der Waals surface area contributed by atoms with Gasteiger partial charge in [0.05, 0.1) is 0 Å². The first-order valence-corrected chi connectivity index (χ1v) is 7.78. The summed E-state index contributed by atoms with van der Waals surface area (Å²) in [6, 6.07) is 7.05. The largest absolute Gasteiger partial charge is 0.301 e. The molecule has 3 heteroatoms. The summed E-state index contributed by atoms with van der Waals surface area (Å²) in [5.74, 6) is 0. The van der Waals surface area contributed by atoms with E-state index in [-0.39, 0.29) is 0 Å². The quantitative estimate of drug-likeness (QED) is 0.829. The minimum atomic E-state index is 0.819. The van der Waals surface area contributed by atoms with Gasteiger partial charge in [-0.15, -0.1) is 0 Å². The minimum Gasteiger partial charge on any atom is -0.301 e. The standard InChI is InChI=1S/C16H25N3/c1-3-9-17-15(6-1)8-13-18-10-5-12-19-11-4-2-7-16(19)14-18/h1,3,6,9,16H,2,4-5,7-8,10-14H2. The van der Waals surface area contributed by atoms with Gasteiger partial charge in [0.15, 0.2) is 0 Å². The van der Waals surface area contributed by atoms with E-state index in [1.54, 1.807) is 0 Å². The Labute approximate surface area is 116 Å². The highest BCUT2D eigenvalue weighted by atomic mass is 15.2. The Balaban J connectivity index is 1.53. The highest BCUT2D eigenvalue weighted by molar-refractivity contribution is 5.03. The lowest BCUT2D eigenvalue weighted by Gasteiger charge is -2.35. The predicted molar refractivity (Wildman–Crippen MR) is 78.2 cm³/mol. The number of piperidine rings is 1. The molecule has 3 nitrogen and oxygen atoms in total. The molecular formula is C16H25N3. The normalized spacial score (nSPS) is 25.8. The van der Waals surface area contributed by atoms with Crippen molar-refractivity contribution in [3.8, 4) is 0 Å². The summed E-state index contributed by atoms with van der Waals surface area (Å²) >= 11 is 0. The third-order valence-electron chi connectivity index (χ3n) is 4.55. The second kappa shape index (κ2) is 6.49. The molecule has 2 aliphatic rings. The first-order chi connectivity index (χ1) is 9.42. The third kappa shape index (κ3) is 3.54. The number of rotatable bonds is 3. The number of hydrogen-bond donors (Lipinski definition) is 0. The van der Waals surface area contributed by atoms with Crippen molar-refractivity contribution in [1.82, 2.24) is 14.8 Å². The fourth-order valence-corrected chi connectivity index (χ4v) is 3.47. The van der Waals surface area contributed by atoms with Crippen molar-refractivity contribution in [3.63, 3.8) is 0 Å². The predicted octanol–water partition coefficient (Wildman–Crippen LogP) is 2.18. The van der Waals surface area contributed by atoms with E-state index in [2.05, 4.69) is 26.9 Å². The Bertz CT molecular complexity index is 379. The molecule has 0 aromatic carbocycles. The van der Waals surface area contributed by atoms with E-state index in [4.69, 9.17) is 0 Å². The number of hydrogen-bond acceptors (Lipinski definition) is 3. The van der Waals surface area contributed by atoms with Crippen LogP contribution in [0.15, 0.2) is 24.4 Å². The van der Waals surface area contributed by atoms with Crippen molar-refractivity contribution in [2.24, 2.45) is 0 Å². The van der Waals surface area contributed by atoms with Crippen LogP contribution in [0.4, 0.5) is 0 Å². The fraction of sp³-hybridized carbons (Fsp3) is 0.688. The first kappa shape index (κ1) is 13.1.